The number of likely N-dealkylation sites (tertiary alicyclic amines) is 1. The zero-order valence-electron chi connectivity index (χ0n) is 11.3. The average Bonchev–Trinajstić information content (AvgIpc) is 2.83. The van der Waals surface area contributed by atoms with Crippen LogP contribution in [0.2, 0.25) is 0 Å². The van der Waals surface area contributed by atoms with E-state index in [1.54, 1.807) is 0 Å². The second-order valence-corrected chi connectivity index (χ2v) is 5.14. The van der Waals surface area contributed by atoms with E-state index in [0.29, 0.717) is 17.9 Å². The summed E-state index contributed by atoms with van der Waals surface area (Å²) in [5.74, 6) is 0.771. The van der Waals surface area contributed by atoms with Gasteiger partial charge in [0.1, 0.15) is 0 Å². The summed E-state index contributed by atoms with van der Waals surface area (Å²) < 4.78 is 0. The number of carbonyl (C=O) groups excluding carboxylic acids is 1. The van der Waals surface area contributed by atoms with Crippen LogP contribution in [-0.4, -0.2) is 28.4 Å². The van der Waals surface area contributed by atoms with Gasteiger partial charge in [0, 0.05) is 36.8 Å². The molecule has 1 saturated heterocycles. The van der Waals surface area contributed by atoms with Crippen LogP contribution in [0.15, 0.2) is 24.4 Å². The summed E-state index contributed by atoms with van der Waals surface area (Å²) in [4.78, 5) is 18.2. The molecular weight excluding hydrogens is 224 g/mol. The first-order valence-corrected chi connectivity index (χ1v) is 6.92. The van der Waals surface area contributed by atoms with Crippen molar-refractivity contribution in [2.45, 2.75) is 51.5 Å². The second kappa shape index (κ2) is 5.98. The third kappa shape index (κ3) is 2.89. The fourth-order valence-corrected chi connectivity index (χ4v) is 2.79. The molecule has 1 aromatic rings. The van der Waals surface area contributed by atoms with Crippen LogP contribution in [0.4, 0.5) is 0 Å². The molecule has 2 atom stereocenters. The van der Waals surface area contributed by atoms with E-state index in [0.717, 1.165) is 37.9 Å². The van der Waals surface area contributed by atoms with Gasteiger partial charge in [-0.25, -0.2) is 0 Å². The summed E-state index contributed by atoms with van der Waals surface area (Å²) in [5.41, 5.74) is 1.15. The van der Waals surface area contributed by atoms with Gasteiger partial charge in [-0.15, -0.1) is 0 Å². The van der Waals surface area contributed by atoms with E-state index in [1.165, 1.54) is 0 Å². The molecule has 0 radical (unpaired) electrons. The topological polar surface area (TPSA) is 33.2 Å². The molecule has 98 valence electrons. The molecule has 0 bridgehead atoms. The minimum absolute atomic E-state index is 0.318. The average molecular weight is 246 g/mol. The number of hydrogen-bond donors (Lipinski definition) is 0. The van der Waals surface area contributed by atoms with Gasteiger partial charge in [0.2, 0.25) is 5.91 Å². The fourth-order valence-electron chi connectivity index (χ4n) is 2.79. The lowest BCUT2D eigenvalue weighted by atomic mass is 9.93. The molecule has 0 N–H and O–H groups in total. The van der Waals surface area contributed by atoms with Crippen molar-refractivity contribution in [2.24, 2.45) is 0 Å². The highest BCUT2D eigenvalue weighted by atomic mass is 16.2. The van der Waals surface area contributed by atoms with Crippen LogP contribution in [0.25, 0.3) is 0 Å². The molecule has 3 heteroatoms. The van der Waals surface area contributed by atoms with Gasteiger partial charge in [0.15, 0.2) is 0 Å². The number of amides is 1. The van der Waals surface area contributed by atoms with Crippen molar-refractivity contribution >= 4 is 5.91 Å². The minimum Gasteiger partial charge on any atom is -0.340 e. The van der Waals surface area contributed by atoms with Gasteiger partial charge >= 0.3 is 0 Å². The van der Waals surface area contributed by atoms with Crippen LogP contribution in [-0.2, 0) is 4.79 Å². The number of aromatic nitrogens is 1. The van der Waals surface area contributed by atoms with Gasteiger partial charge in [0.05, 0.1) is 0 Å². The molecule has 0 aromatic carbocycles. The predicted octanol–water partition coefficient (Wildman–Crippen LogP) is 2.98. The monoisotopic (exact) mass is 246 g/mol. The third-order valence-electron chi connectivity index (χ3n) is 3.87. The lowest BCUT2D eigenvalue weighted by Crippen LogP contribution is -2.35. The van der Waals surface area contributed by atoms with Crippen molar-refractivity contribution < 1.29 is 4.79 Å². The molecule has 1 fully saturated rings. The van der Waals surface area contributed by atoms with Crippen molar-refractivity contribution in [3.63, 3.8) is 0 Å². The van der Waals surface area contributed by atoms with Crippen molar-refractivity contribution in [1.82, 2.24) is 9.88 Å². The Morgan fingerprint density at radius 1 is 1.44 bits per heavy atom. The maximum absolute atomic E-state index is 11.7. The smallest absolute Gasteiger partial charge is 0.222 e. The largest absolute Gasteiger partial charge is 0.340 e. The van der Waals surface area contributed by atoms with Crippen LogP contribution >= 0.6 is 0 Å². The Morgan fingerprint density at radius 3 is 2.83 bits per heavy atom. The van der Waals surface area contributed by atoms with E-state index in [-0.39, 0.29) is 0 Å². The lowest BCUT2D eigenvalue weighted by Gasteiger charge is -2.27. The van der Waals surface area contributed by atoms with Gasteiger partial charge in [0.25, 0.3) is 0 Å². The standard InChI is InChI=1S/C15H22N2O/c1-3-13(14-7-4-5-9-16-14)11-12(2)17-10-6-8-15(17)18/h4-5,7,9,12-13H,3,6,8,10-11H2,1-2H3. The van der Waals surface area contributed by atoms with Crippen LogP contribution in [0.3, 0.4) is 0 Å². The van der Waals surface area contributed by atoms with Crippen molar-refractivity contribution in [3.8, 4) is 0 Å². The van der Waals surface area contributed by atoms with Crippen molar-refractivity contribution in [3.05, 3.63) is 30.1 Å². The second-order valence-electron chi connectivity index (χ2n) is 5.14. The number of rotatable bonds is 5. The van der Waals surface area contributed by atoms with E-state index < -0.39 is 0 Å². The van der Waals surface area contributed by atoms with Crippen molar-refractivity contribution in [2.75, 3.05) is 6.54 Å². The molecule has 2 unspecified atom stereocenters. The zero-order chi connectivity index (χ0) is 13.0. The van der Waals surface area contributed by atoms with Gasteiger partial charge < -0.3 is 4.90 Å². The first-order chi connectivity index (χ1) is 8.72. The minimum atomic E-state index is 0.318. The van der Waals surface area contributed by atoms with Gasteiger partial charge in [-0.05, 0) is 38.3 Å². The lowest BCUT2D eigenvalue weighted by molar-refractivity contribution is -0.129. The summed E-state index contributed by atoms with van der Waals surface area (Å²) in [6.07, 6.45) is 5.68. The Hall–Kier alpha value is -1.38. The number of carbonyl (C=O) groups is 1. The first-order valence-electron chi connectivity index (χ1n) is 6.92. The van der Waals surface area contributed by atoms with Gasteiger partial charge in [-0.3, -0.25) is 9.78 Å². The van der Waals surface area contributed by atoms with E-state index in [2.05, 4.69) is 24.9 Å². The maximum Gasteiger partial charge on any atom is 0.222 e. The van der Waals surface area contributed by atoms with E-state index in [4.69, 9.17) is 0 Å². The van der Waals surface area contributed by atoms with Gasteiger partial charge in [-0.2, -0.15) is 0 Å². The molecule has 2 rings (SSSR count). The Bertz CT molecular complexity index is 391. The molecule has 1 aliphatic rings. The molecule has 1 amide bonds. The SMILES string of the molecule is CCC(CC(C)N1CCCC1=O)c1ccccn1. The molecule has 18 heavy (non-hydrogen) atoms. The number of pyridine rings is 1. The van der Waals surface area contributed by atoms with Crippen LogP contribution < -0.4 is 0 Å². The van der Waals surface area contributed by atoms with Crippen LogP contribution in [0.5, 0.6) is 0 Å². The Labute approximate surface area is 109 Å². The molecule has 0 aliphatic carbocycles. The summed E-state index contributed by atoms with van der Waals surface area (Å²) in [7, 11) is 0. The quantitative estimate of drug-likeness (QED) is 0.800. The number of nitrogens with zero attached hydrogens (tertiary/aromatic N) is 2. The highest BCUT2D eigenvalue weighted by Gasteiger charge is 2.27. The predicted molar refractivity (Wildman–Crippen MR) is 72.3 cm³/mol. The summed E-state index contributed by atoms with van der Waals surface area (Å²) in [5, 5.41) is 0. The number of hydrogen-bond acceptors (Lipinski definition) is 2. The third-order valence-corrected chi connectivity index (χ3v) is 3.87. The van der Waals surface area contributed by atoms with Crippen LogP contribution in [0, 0.1) is 0 Å². The molecular formula is C15H22N2O. The van der Waals surface area contributed by atoms with Crippen LogP contribution in [0.1, 0.15) is 51.1 Å². The van der Waals surface area contributed by atoms with E-state index >= 15 is 0 Å². The molecule has 0 saturated carbocycles. The highest BCUT2D eigenvalue weighted by Crippen LogP contribution is 2.26. The zero-order valence-corrected chi connectivity index (χ0v) is 11.3. The summed E-state index contributed by atoms with van der Waals surface area (Å²) in [6, 6.07) is 6.40. The highest BCUT2D eigenvalue weighted by molar-refractivity contribution is 5.78. The Balaban J connectivity index is 2.00. The fraction of sp³-hybridized carbons (Fsp3) is 0.600. The molecule has 1 aromatic heterocycles. The van der Waals surface area contributed by atoms with Crippen molar-refractivity contribution in [1.29, 1.82) is 0 Å². The maximum atomic E-state index is 11.7. The molecule has 0 spiro atoms. The Kier molecular flexibility index (Phi) is 4.34. The van der Waals surface area contributed by atoms with E-state index in [1.807, 2.05) is 23.2 Å². The molecule has 1 aliphatic heterocycles. The molecule has 2 heterocycles. The summed E-state index contributed by atoms with van der Waals surface area (Å²) >= 11 is 0. The van der Waals surface area contributed by atoms with Gasteiger partial charge in [-0.1, -0.05) is 13.0 Å². The normalized spacial score (nSPS) is 19.0. The molecule has 3 nitrogen and oxygen atoms in total. The Morgan fingerprint density at radius 2 is 2.28 bits per heavy atom. The van der Waals surface area contributed by atoms with E-state index in [9.17, 15) is 4.79 Å². The first kappa shape index (κ1) is 13.1. The summed E-state index contributed by atoms with van der Waals surface area (Å²) in [6.45, 7) is 5.28.